The van der Waals surface area contributed by atoms with Crippen LogP contribution in [-0.2, 0) is 17.9 Å². The summed E-state index contributed by atoms with van der Waals surface area (Å²) in [5, 5.41) is 10.7. The molecule has 0 spiro atoms. The Balaban J connectivity index is 0.00000300. The van der Waals surface area contributed by atoms with Crippen LogP contribution in [-0.4, -0.2) is 52.7 Å². The van der Waals surface area contributed by atoms with E-state index in [2.05, 4.69) is 32.9 Å². The first-order valence-electron chi connectivity index (χ1n) is 10.1. The van der Waals surface area contributed by atoms with E-state index in [0.29, 0.717) is 12.5 Å². The Hall–Kier alpha value is -2.10. The zero-order chi connectivity index (χ0) is 19.6. The van der Waals surface area contributed by atoms with Crippen molar-refractivity contribution < 1.29 is 4.79 Å². The summed E-state index contributed by atoms with van der Waals surface area (Å²) in [4.78, 5) is 19.0. The van der Waals surface area contributed by atoms with Gasteiger partial charge in [-0.05, 0) is 43.4 Å². The van der Waals surface area contributed by atoms with Crippen molar-refractivity contribution in [1.29, 1.82) is 0 Å². The average Bonchev–Trinajstić information content (AvgIpc) is 3.24. The number of nitrogens with one attached hydrogen (secondary N) is 2. The molecule has 2 heterocycles. The molecule has 0 saturated carbocycles. The van der Waals surface area contributed by atoms with Crippen molar-refractivity contribution in [2.75, 3.05) is 26.2 Å². The van der Waals surface area contributed by atoms with Crippen molar-refractivity contribution in [3.63, 3.8) is 0 Å². The summed E-state index contributed by atoms with van der Waals surface area (Å²) < 4.78 is 1.91. The van der Waals surface area contributed by atoms with Gasteiger partial charge in [0.2, 0.25) is 5.91 Å². The number of piperidine rings is 1. The van der Waals surface area contributed by atoms with Crippen molar-refractivity contribution in [2.45, 2.75) is 39.3 Å². The molecule has 1 fully saturated rings. The molecule has 1 saturated heterocycles. The number of carbonyl (C=O) groups is 1. The van der Waals surface area contributed by atoms with Gasteiger partial charge in [0.15, 0.2) is 5.96 Å². The molecular formula is C21H31IN6O. The number of aliphatic imine (C=N–C) groups is 1. The van der Waals surface area contributed by atoms with Crippen LogP contribution in [0.1, 0.15) is 37.3 Å². The second-order valence-corrected chi connectivity index (χ2v) is 6.96. The maximum absolute atomic E-state index is 12.4. The number of nitrogens with zero attached hydrogens (tertiary/aromatic N) is 4. The number of hydrogen-bond acceptors (Lipinski definition) is 3. The van der Waals surface area contributed by atoms with Crippen LogP contribution in [0.5, 0.6) is 0 Å². The molecule has 1 aromatic carbocycles. The second kappa shape index (κ2) is 12.5. The van der Waals surface area contributed by atoms with Gasteiger partial charge >= 0.3 is 0 Å². The highest BCUT2D eigenvalue weighted by atomic mass is 127. The minimum Gasteiger partial charge on any atom is -0.357 e. The molecule has 158 valence electrons. The normalized spacial score (nSPS) is 14.2. The van der Waals surface area contributed by atoms with Crippen LogP contribution in [0.3, 0.4) is 0 Å². The van der Waals surface area contributed by atoms with E-state index >= 15 is 0 Å². The van der Waals surface area contributed by atoms with Gasteiger partial charge < -0.3 is 15.5 Å². The van der Waals surface area contributed by atoms with Gasteiger partial charge in [-0.1, -0.05) is 24.3 Å². The van der Waals surface area contributed by atoms with Crippen LogP contribution in [0.25, 0.3) is 0 Å². The van der Waals surface area contributed by atoms with Gasteiger partial charge in [0.25, 0.3) is 0 Å². The van der Waals surface area contributed by atoms with E-state index in [0.717, 1.165) is 44.6 Å². The van der Waals surface area contributed by atoms with Crippen LogP contribution < -0.4 is 10.6 Å². The minimum atomic E-state index is 0. The van der Waals surface area contributed by atoms with Crippen molar-refractivity contribution in [1.82, 2.24) is 25.3 Å². The number of rotatable bonds is 7. The summed E-state index contributed by atoms with van der Waals surface area (Å²) in [7, 11) is 0. The van der Waals surface area contributed by atoms with E-state index in [1.165, 1.54) is 12.0 Å². The molecule has 7 nitrogen and oxygen atoms in total. The van der Waals surface area contributed by atoms with Crippen molar-refractivity contribution in [3.8, 4) is 0 Å². The highest BCUT2D eigenvalue weighted by Crippen LogP contribution is 2.12. The SMILES string of the molecule is CCNC(=NCc1ccccc1Cn1cccn1)NCC(=O)N1CCCCC1.I. The van der Waals surface area contributed by atoms with Crippen LogP contribution in [0.15, 0.2) is 47.7 Å². The largest absolute Gasteiger partial charge is 0.357 e. The van der Waals surface area contributed by atoms with E-state index in [4.69, 9.17) is 0 Å². The first-order valence-corrected chi connectivity index (χ1v) is 10.1. The fourth-order valence-corrected chi connectivity index (χ4v) is 3.35. The third-order valence-corrected chi connectivity index (χ3v) is 4.88. The Morgan fingerprint density at radius 3 is 2.55 bits per heavy atom. The number of carbonyl (C=O) groups excluding carboxylic acids is 1. The molecule has 2 N–H and O–H groups in total. The summed E-state index contributed by atoms with van der Waals surface area (Å²) in [6, 6.07) is 10.2. The fraction of sp³-hybridized carbons (Fsp3) is 0.476. The molecule has 3 rings (SSSR count). The highest BCUT2D eigenvalue weighted by Gasteiger charge is 2.16. The van der Waals surface area contributed by atoms with Crippen LogP contribution in [0.4, 0.5) is 0 Å². The summed E-state index contributed by atoms with van der Waals surface area (Å²) in [6.45, 7) is 6.06. The summed E-state index contributed by atoms with van der Waals surface area (Å²) in [5.41, 5.74) is 2.34. The first-order chi connectivity index (χ1) is 13.8. The standard InChI is InChI=1S/C21H30N6O.HI/c1-2-22-21(24-16-20(28)26-12-6-3-7-13-26)23-15-18-9-4-5-10-19(18)17-27-14-8-11-25-27;/h4-5,8-11,14H,2-3,6-7,12-13,15-17H2,1H3,(H2,22,23,24);1H. The zero-order valence-corrected chi connectivity index (χ0v) is 19.3. The summed E-state index contributed by atoms with van der Waals surface area (Å²) >= 11 is 0. The highest BCUT2D eigenvalue weighted by molar-refractivity contribution is 14.0. The number of amides is 1. The van der Waals surface area contributed by atoms with Crippen molar-refractivity contribution >= 4 is 35.8 Å². The maximum Gasteiger partial charge on any atom is 0.241 e. The Labute approximate surface area is 190 Å². The van der Waals surface area contributed by atoms with Gasteiger partial charge in [-0.25, -0.2) is 4.99 Å². The number of likely N-dealkylation sites (tertiary alicyclic amines) is 1. The molecule has 8 heteroatoms. The van der Waals surface area contributed by atoms with E-state index in [-0.39, 0.29) is 36.4 Å². The summed E-state index contributed by atoms with van der Waals surface area (Å²) in [5.74, 6) is 0.811. The first kappa shape index (κ1) is 23.2. The van der Waals surface area contributed by atoms with Gasteiger partial charge in [0.1, 0.15) is 0 Å². The van der Waals surface area contributed by atoms with Crippen LogP contribution in [0.2, 0.25) is 0 Å². The molecule has 1 aliphatic rings. The molecule has 0 atom stereocenters. The Bertz CT molecular complexity index is 771. The lowest BCUT2D eigenvalue weighted by molar-refractivity contribution is -0.130. The lowest BCUT2D eigenvalue weighted by Gasteiger charge is -2.27. The number of benzene rings is 1. The molecule has 0 bridgehead atoms. The molecule has 0 unspecified atom stereocenters. The number of hydrogen-bond donors (Lipinski definition) is 2. The van der Waals surface area contributed by atoms with E-state index < -0.39 is 0 Å². The van der Waals surface area contributed by atoms with Crippen molar-refractivity contribution in [3.05, 3.63) is 53.9 Å². The molecule has 2 aromatic rings. The third-order valence-electron chi connectivity index (χ3n) is 4.88. The number of guanidine groups is 1. The molecule has 1 aromatic heterocycles. The minimum absolute atomic E-state index is 0. The maximum atomic E-state index is 12.4. The van der Waals surface area contributed by atoms with Gasteiger partial charge in [-0.3, -0.25) is 9.48 Å². The Morgan fingerprint density at radius 1 is 1.10 bits per heavy atom. The van der Waals surface area contributed by atoms with Gasteiger partial charge in [0, 0.05) is 32.0 Å². The van der Waals surface area contributed by atoms with Crippen LogP contribution in [0, 0.1) is 0 Å². The summed E-state index contributed by atoms with van der Waals surface area (Å²) in [6.07, 6.45) is 7.17. The Kier molecular flexibility index (Phi) is 9.96. The van der Waals surface area contributed by atoms with Crippen molar-refractivity contribution in [2.24, 2.45) is 4.99 Å². The predicted molar refractivity (Wildman–Crippen MR) is 126 cm³/mol. The lowest BCUT2D eigenvalue weighted by atomic mass is 10.1. The average molecular weight is 510 g/mol. The fourth-order valence-electron chi connectivity index (χ4n) is 3.35. The topological polar surface area (TPSA) is 74.5 Å². The third kappa shape index (κ3) is 7.34. The molecule has 1 aliphatic heterocycles. The Morgan fingerprint density at radius 2 is 1.86 bits per heavy atom. The van der Waals surface area contributed by atoms with Gasteiger partial charge in [-0.15, -0.1) is 24.0 Å². The molecule has 29 heavy (non-hydrogen) atoms. The second-order valence-electron chi connectivity index (χ2n) is 6.96. The van der Waals surface area contributed by atoms with Crippen LogP contribution >= 0.6 is 24.0 Å². The predicted octanol–water partition coefficient (Wildman–Crippen LogP) is 2.62. The number of aromatic nitrogens is 2. The van der Waals surface area contributed by atoms with Gasteiger partial charge in [0.05, 0.1) is 19.6 Å². The monoisotopic (exact) mass is 510 g/mol. The molecular weight excluding hydrogens is 479 g/mol. The van der Waals surface area contributed by atoms with Gasteiger partial charge in [-0.2, -0.15) is 5.10 Å². The van der Waals surface area contributed by atoms with E-state index in [9.17, 15) is 4.79 Å². The molecule has 0 aliphatic carbocycles. The van der Waals surface area contributed by atoms with E-state index in [1.807, 2.05) is 40.9 Å². The van der Waals surface area contributed by atoms with E-state index in [1.54, 1.807) is 6.20 Å². The quantitative estimate of drug-likeness (QED) is 0.341. The molecule has 1 amide bonds. The number of halogens is 1. The molecule has 0 radical (unpaired) electrons. The lowest BCUT2D eigenvalue weighted by Crippen LogP contribution is -2.46. The smallest absolute Gasteiger partial charge is 0.241 e. The zero-order valence-electron chi connectivity index (χ0n) is 17.0.